The fourth-order valence-corrected chi connectivity index (χ4v) is 0.125. The van der Waals surface area contributed by atoms with Crippen LogP contribution in [-0.4, -0.2) is 17.8 Å². The maximum atomic E-state index is 8.20. The molecular formula is C3H7N3O. The Morgan fingerprint density at radius 1 is 2.00 bits per heavy atom. The van der Waals surface area contributed by atoms with E-state index in [0.29, 0.717) is 0 Å². The second-order valence-corrected chi connectivity index (χ2v) is 1.24. The van der Waals surface area contributed by atoms with Crippen LogP contribution in [0.25, 0.3) is 10.4 Å². The summed E-state index contributed by atoms with van der Waals surface area (Å²) in [7, 11) is 0. The summed E-state index contributed by atoms with van der Waals surface area (Å²) in [6.07, 6.45) is 0. The van der Waals surface area contributed by atoms with Crippen LogP contribution in [0.2, 0.25) is 0 Å². The molecule has 0 aromatic heterocycles. The predicted molar refractivity (Wildman–Crippen MR) is 25.7 cm³/mol. The quantitative estimate of drug-likeness (QED) is 0.310. The van der Waals surface area contributed by atoms with E-state index in [0.717, 1.165) is 0 Å². The first-order chi connectivity index (χ1) is 3.31. The SMILES string of the molecule is CC(CO)N=[N+]=[N-]. The second kappa shape index (κ2) is 3.46. The molecule has 0 saturated heterocycles. The summed E-state index contributed by atoms with van der Waals surface area (Å²) < 4.78 is 0. The molecule has 0 aromatic carbocycles. The van der Waals surface area contributed by atoms with E-state index in [2.05, 4.69) is 10.0 Å². The van der Waals surface area contributed by atoms with Gasteiger partial charge in [-0.15, -0.1) is 0 Å². The average molecular weight is 101 g/mol. The molecule has 0 heterocycles. The number of nitrogens with zero attached hydrogens (tertiary/aromatic N) is 3. The standard InChI is InChI=1S/C3H7N3O/c1-3(2-7)5-6-4/h3,7H,2H2,1H3. The summed E-state index contributed by atoms with van der Waals surface area (Å²) in [4.78, 5) is 2.47. The number of hydrogen-bond acceptors (Lipinski definition) is 2. The number of azide groups is 1. The van der Waals surface area contributed by atoms with Gasteiger partial charge >= 0.3 is 0 Å². The van der Waals surface area contributed by atoms with E-state index in [-0.39, 0.29) is 12.6 Å². The number of rotatable bonds is 2. The highest BCUT2D eigenvalue weighted by molar-refractivity contribution is 4.55. The maximum absolute atomic E-state index is 8.20. The van der Waals surface area contributed by atoms with Gasteiger partial charge in [-0.3, -0.25) is 0 Å². The largest absolute Gasteiger partial charge is 0.396 e. The van der Waals surface area contributed by atoms with Crippen molar-refractivity contribution in [2.24, 2.45) is 5.11 Å². The molecule has 4 nitrogen and oxygen atoms in total. The monoisotopic (exact) mass is 101 g/mol. The van der Waals surface area contributed by atoms with Gasteiger partial charge in [-0.05, 0) is 5.53 Å². The molecule has 1 unspecified atom stereocenters. The lowest BCUT2D eigenvalue weighted by atomic mass is 10.4. The fourth-order valence-electron chi connectivity index (χ4n) is 0.125. The van der Waals surface area contributed by atoms with Crippen molar-refractivity contribution in [2.75, 3.05) is 6.61 Å². The van der Waals surface area contributed by atoms with Crippen molar-refractivity contribution < 1.29 is 5.11 Å². The molecule has 1 N–H and O–H groups in total. The Morgan fingerprint density at radius 2 is 2.57 bits per heavy atom. The predicted octanol–water partition coefficient (Wildman–Crippen LogP) is 0.677. The van der Waals surface area contributed by atoms with Crippen LogP contribution in [0.1, 0.15) is 6.92 Å². The Balaban J connectivity index is 3.35. The molecule has 0 aliphatic heterocycles. The Labute approximate surface area is 41.4 Å². The zero-order valence-electron chi connectivity index (χ0n) is 4.07. The first-order valence-corrected chi connectivity index (χ1v) is 1.96. The lowest BCUT2D eigenvalue weighted by Crippen LogP contribution is -2.00. The van der Waals surface area contributed by atoms with E-state index in [1.807, 2.05) is 0 Å². The van der Waals surface area contributed by atoms with Crippen molar-refractivity contribution in [3.63, 3.8) is 0 Å². The minimum atomic E-state index is -0.287. The van der Waals surface area contributed by atoms with Crippen molar-refractivity contribution >= 4 is 0 Å². The van der Waals surface area contributed by atoms with Crippen molar-refractivity contribution in [2.45, 2.75) is 13.0 Å². The fraction of sp³-hybridized carbons (Fsp3) is 1.00. The van der Waals surface area contributed by atoms with E-state index in [1.165, 1.54) is 0 Å². The first-order valence-electron chi connectivity index (χ1n) is 1.96. The summed E-state index contributed by atoms with van der Waals surface area (Å²) in [5, 5.41) is 11.4. The highest BCUT2D eigenvalue weighted by atomic mass is 16.3. The van der Waals surface area contributed by atoms with Crippen LogP contribution in [0, 0.1) is 0 Å². The van der Waals surface area contributed by atoms with E-state index in [4.69, 9.17) is 10.6 Å². The zero-order chi connectivity index (χ0) is 5.70. The molecule has 4 heteroatoms. The third-order valence-electron chi connectivity index (χ3n) is 0.513. The summed E-state index contributed by atoms with van der Waals surface area (Å²) in [5.74, 6) is 0. The Bertz CT molecular complexity index is 86.2. The highest BCUT2D eigenvalue weighted by Crippen LogP contribution is 1.84. The lowest BCUT2D eigenvalue weighted by Gasteiger charge is -1.91. The van der Waals surface area contributed by atoms with Gasteiger partial charge in [0, 0.05) is 4.91 Å². The average Bonchev–Trinajstić information content (AvgIpc) is 1.68. The molecule has 0 bridgehead atoms. The molecule has 0 aliphatic rings. The van der Waals surface area contributed by atoms with Crippen molar-refractivity contribution in [3.05, 3.63) is 10.4 Å². The summed E-state index contributed by atoms with van der Waals surface area (Å²) in [6.45, 7) is 1.56. The molecule has 0 aromatic rings. The van der Waals surface area contributed by atoms with Crippen LogP contribution in [0.5, 0.6) is 0 Å². The van der Waals surface area contributed by atoms with Gasteiger partial charge in [0.05, 0.1) is 12.6 Å². The molecular weight excluding hydrogens is 94.1 g/mol. The Morgan fingerprint density at radius 3 is 2.71 bits per heavy atom. The summed E-state index contributed by atoms with van der Waals surface area (Å²) in [5.41, 5.74) is 7.72. The zero-order valence-corrected chi connectivity index (χ0v) is 4.07. The van der Waals surface area contributed by atoms with Crippen LogP contribution in [0.15, 0.2) is 5.11 Å². The van der Waals surface area contributed by atoms with Gasteiger partial charge in [0.15, 0.2) is 0 Å². The first kappa shape index (κ1) is 6.27. The number of aliphatic hydroxyl groups is 1. The van der Waals surface area contributed by atoms with E-state index in [9.17, 15) is 0 Å². The third-order valence-corrected chi connectivity index (χ3v) is 0.513. The van der Waals surface area contributed by atoms with Gasteiger partial charge in [0.2, 0.25) is 0 Å². The van der Waals surface area contributed by atoms with Crippen molar-refractivity contribution in [1.82, 2.24) is 0 Å². The molecule has 7 heavy (non-hydrogen) atoms. The van der Waals surface area contributed by atoms with E-state index < -0.39 is 0 Å². The lowest BCUT2D eigenvalue weighted by molar-refractivity contribution is 0.273. The van der Waals surface area contributed by atoms with Gasteiger partial charge in [0.25, 0.3) is 0 Å². The summed E-state index contributed by atoms with van der Waals surface area (Å²) >= 11 is 0. The van der Waals surface area contributed by atoms with Gasteiger partial charge in [0.1, 0.15) is 0 Å². The summed E-state index contributed by atoms with van der Waals surface area (Å²) in [6, 6.07) is -0.287. The third kappa shape index (κ3) is 3.09. The molecule has 0 amide bonds. The van der Waals surface area contributed by atoms with Gasteiger partial charge < -0.3 is 5.11 Å². The van der Waals surface area contributed by atoms with E-state index >= 15 is 0 Å². The van der Waals surface area contributed by atoms with Crippen LogP contribution in [-0.2, 0) is 0 Å². The molecule has 0 aliphatic carbocycles. The second-order valence-electron chi connectivity index (χ2n) is 1.24. The van der Waals surface area contributed by atoms with Crippen molar-refractivity contribution in [3.8, 4) is 0 Å². The van der Waals surface area contributed by atoms with Crippen LogP contribution in [0.3, 0.4) is 0 Å². The molecule has 0 fully saturated rings. The Kier molecular flexibility index (Phi) is 3.10. The molecule has 40 valence electrons. The molecule has 0 rings (SSSR count). The number of aliphatic hydroxyl groups excluding tert-OH is 1. The van der Waals surface area contributed by atoms with Crippen molar-refractivity contribution in [1.29, 1.82) is 0 Å². The minimum absolute atomic E-state index is 0.0793. The molecule has 0 saturated carbocycles. The normalized spacial score (nSPS) is 12.3. The number of hydrogen-bond donors (Lipinski definition) is 1. The Hall–Kier alpha value is -0.730. The van der Waals surface area contributed by atoms with Crippen LogP contribution >= 0.6 is 0 Å². The highest BCUT2D eigenvalue weighted by Gasteiger charge is 1.89. The molecule has 0 spiro atoms. The minimum Gasteiger partial charge on any atom is -0.396 e. The van der Waals surface area contributed by atoms with Crippen LogP contribution in [0.4, 0.5) is 0 Å². The van der Waals surface area contributed by atoms with Gasteiger partial charge in [-0.25, -0.2) is 0 Å². The van der Waals surface area contributed by atoms with E-state index in [1.54, 1.807) is 6.92 Å². The molecule has 1 atom stereocenters. The topological polar surface area (TPSA) is 69.0 Å². The van der Waals surface area contributed by atoms with Gasteiger partial charge in [-0.2, -0.15) is 0 Å². The smallest absolute Gasteiger partial charge is 0.0577 e. The van der Waals surface area contributed by atoms with Crippen LogP contribution < -0.4 is 0 Å². The maximum Gasteiger partial charge on any atom is 0.0577 e. The van der Waals surface area contributed by atoms with Gasteiger partial charge in [-0.1, -0.05) is 12.0 Å². The molecule has 0 radical (unpaired) electrons.